The van der Waals surface area contributed by atoms with Crippen molar-refractivity contribution in [3.05, 3.63) is 29.8 Å². The van der Waals surface area contributed by atoms with Gasteiger partial charge in [0.2, 0.25) is 0 Å². The fourth-order valence-corrected chi connectivity index (χ4v) is 1.11. The van der Waals surface area contributed by atoms with Gasteiger partial charge in [0.15, 0.2) is 0 Å². The standard InChI is InChI=1S/C12H18N2O2/c1-14(2,3)8-9-16-12(15)10-4-6-11(13)7-5-10/h4-7H,8-9H2,1-3H3,(H-,13,15)/p+1. The van der Waals surface area contributed by atoms with Crippen LogP contribution in [-0.4, -0.2) is 44.7 Å². The van der Waals surface area contributed by atoms with Crippen molar-refractivity contribution >= 4 is 11.7 Å². The number of rotatable bonds is 4. The Kier molecular flexibility index (Phi) is 3.90. The molecule has 0 amide bonds. The van der Waals surface area contributed by atoms with Crippen LogP contribution in [0.25, 0.3) is 0 Å². The van der Waals surface area contributed by atoms with E-state index in [-0.39, 0.29) is 5.97 Å². The molecule has 0 aliphatic heterocycles. The number of ether oxygens (including phenoxy) is 1. The minimum Gasteiger partial charge on any atom is -0.456 e. The number of nitrogen functional groups attached to an aromatic ring is 1. The largest absolute Gasteiger partial charge is 0.456 e. The summed E-state index contributed by atoms with van der Waals surface area (Å²) >= 11 is 0. The third kappa shape index (κ3) is 4.31. The molecule has 1 aromatic carbocycles. The number of anilines is 1. The average Bonchev–Trinajstić information content (AvgIpc) is 2.16. The zero-order valence-corrected chi connectivity index (χ0v) is 10.1. The Labute approximate surface area is 96.2 Å². The Morgan fingerprint density at radius 1 is 1.25 bits per heavy atom. The van der Waals surface area contributed by atoms with E-state index in [9.17, 15) is 4.79 Å². The minimum absolute atomic E-state index is 0.298. The van der Waals surface area contributed by atoms with Gasteiger partial charge in [-0.05, 0) is 24.3 Å². The highest BCUT2D eigenvalue weighted by atomic mass is 16.5. The molecule has 0 saturated heterocycles. The van der Waals surface area contributed by atoms with Crippen molar-refractivity contribution < 1.29 is 14.0 Å². The number of carbonyl (C=O) groups excluding carboxylic acids is 1. The smallest absolute Gasteiger partial charge is 0.338 e. The number of hydrogen-bond acceptors (Lipinski definition) is 3. The van der Waals surface area contributed by atoms with Crippen molar-refractivity contribution in [2.45, 2.75) is 0 Å². The van der Waals surface area contributed by atoms with Gasteiger partial charge >= 0.3 is 5.97 Å². The summed E-state index contributed by atoms with van der Waals surface area (Å²) in [6.07, 6.45) is 0. The first kappa shape index (κ1) is 12.5. The zero-order valence-electron chi connectivity index (χ0n) is 10.1. The fraction of sp³-hybridized carbons (Fsp3) is 0.417. The minimum atomic E-state index is -0.298. The van der Waals surface area contributed by atoms with E-state index >= 15 is 0 Å². The second-order valence-electron chi connectivity index (χ2n) is 4.77. The number of quaternary nitrogens is 1. The Balaban J connectivity index is 2.44. The predicted molar refractivity (Wildman–Crippen MR) is 64.0 cm³/mol. The molecule has 0 atom stereocenters. The van der Waals surface area contributed by atoms with Gasteiger partial charge in [-0.1, -0.05) is 0 Å². The highest BCUT2D eigenvalue weighted by molar-refractivity contribution is 5.89. The molecule has 0 unspecified atom stereocenters. The average molecular weight is 223 g/mol. The van der Waals surface area contributed by atoms with Crippen LogP contribution in [0.4, 0.5) is 5.69 Å². The summed E-state index contributed by atoms with van der Waals surface area (Å²) in [5.74, 6) is -0.298. The molecule has 0 radical (unpaired) electrons. The molecule has 0 aliphatic rings. The van der Waals surface area contributed by atoms with Gasteiger partial charge in [0.25, 0.3) is 0 Å². The molecule has 1 aromatic rings. The number of likely N-dealkylation sites (N-methyl/N-ethyl adjacent to an activating group) is 1. The van der Waals surface area contributed by atoms with E-state index in [1.54, 1.807) is 24.3 Å². The molecule has 0 heterocycles. The van der Waals surface area contributed by atoms with E-state index < -0.39 is 0 Å². The molecule has 0 aromatic heterocycles. The molecule has 4 nitrogen and oxygen atoms in total. The monoisotopic (exact) mass is 223 g/mol. The molecule has 0 fully saturated rings. The van der Waals surface area contributed by atoms with Crippen LogP contribution in [0, 0.1) is 0 Å². The number of esters is 1. The summed E-state index contributed by atoms with van der Waals surface area (Å²) in [5, 5.41) is 0. The number of carbonyl (C=O) groups is 1. The number of nitrogens with two attached hydrogens (primary N) is 1. The Morgan fingerprint density at radius 3 is 2.31 bits per heavy atom. The van der Waals surface area contributed by atoms with Crippen LogP contribution in [-0.2, 0) is 4.74 Å². The topological polar surface area (TPSA) is 52.3 Å². The first-order chi connectivity index (χ1) is 7.38. The number of hydrogen-bond donors (Lipinski definition) is 1. The molecule has 4 heteroatoms. The van der Waals surface area contributed by atoms with Gasteiger partial charge in [0.1, 0.15) is 13.2 Å². The molecule has 16 heavy (non-hydrogen) atoms. The van der Waals surface area contributed by atoms with Gasteiger partial charge in [0, 0.05) is 5.69 Å². The highest BCUT2D eigenvalue weighted by Gasteiger charge is 2.10. The van der Waals surface area contributed by atoms with Crippen molar-refractivity contribution in [2.24, 2.45) is 0 Å². The zero-order chi connectivity index (χ0) is 12.2. The number of nitrogens with zero attached hydrogens (tertiary/aromatic N) is 1. The fourth-order valence-electron chi connectivity index (χ4n) is 1.11. The highest BCUT2D eigenvalue weighted by Crippen LogP contribution is 2.06. The lowest BCUT2D eigenvalue weighted by atomic mass is 10.2. The maximum Gasteiger partial charge on any atom is 0.338 e. The summed E-state index contributed by atoms with van der Waals surface area (Å²) in [6.45, 7) is 1.22. The molecule has 1 rings (SSSR count). The Bertz CT molecular complexity index is 352. The molecular formula is C12H19N2O2+. The summed E-state index contributed by atoms with van der Waals surface area (Å²) < 4.78 is 5.92. The van der Waals surface area contributed by atoms with Gasteiger partial charge in [0.05, 0.1) is 26.7 Å². The van der Waals surface area contributed by atoms with E-state index in [1.807, 2.05) is 0 Å². The molecule has 0 spiro atoms. The van der Waals surface area contributed by atoms with Crippen LogP contribution in [0.3, 0.4) is 0 Å². The summed E-state index contributed by atoms with van der Waals surface area (Å²) in [4.78, 5) is 11.6. The maximum atomic E-state index is 11.6. The van der Waals surface area contributed by atoms with Crippen molar-refractivity contribution in [1.82, 2.24) is 0 Å². The number of benzene rings is 1. The lowest BCUT2D eigenvalue weighted by Gasteiger charge is -2.23. The van der Waals surface area contributed by atoms with Gasteiger partial charge in [-0.25, -0.2) is 4.79 Å². The second kappa shape index (κ2) is 4.99. The maximum absolute atomic E-state index is 11.6. The molecule has 0 bridgehead atoms. The van der Waals surface area contributed by atoms with Crippen molar-refractivity contribution in [3.8, 4) is 0 Å². The third-order valence-corrected chi connectivity index (χ3v) is 2.14. The van der Waals surface area contributed by atoms with Gasteiger partial charge in [-0.15, -0.1) is 0 Å². The van der Waals surface area contributed by atoms with Crippen LogP contribution >= 0.6 is 0 Å². The quantitative estimate of drug-likeness (QED) is 0.473. The lowest BCUT2D eigenvalue weighted by molar-refractivity contribution is -0.870. The molecule has 88 valence electrons. The summed E-state index contributed by atoms with van der Waals surface area (Å²) in [7, 11) is 6.16. The van der Waals surface area contributed by atoms with E-state index in [2.05, 4.69) is 21.1 Å². The lowest BCUT2D eigenvalue weighted by Crippen LogP contribution is -2.38. The van der Waals surface area contributed by atoms with Gasteiger partial charge in [-0.3, -0.25) is 0 Å². The third-order valence-electron chi connectivity index (χ3n) is 2.14. The Hall–Kier alpha value is -1.55. The normalized spacial score (nSPS) is 11.2. The van der Waals surface area contributed by atoms with Crippen LogP contribution in [0.2, 0.25) is 0 Å². The van der Waals surface area contributed by atoms with E-state index in [4.69, 9.17) is 10.5 Å². The van der Waals surface area contributed by atoms with Crippen molar-refractivity contribution in [2.75, 3.05) is 40.0 Å². The first-order valence-corrected chi connectivity index (χ1v) is 5.21. The molecule has 2 N–H and O–H groups in total. The van der Waals surface area contributed by atoms with Gasteiger partial charge in [-0.2, -0.15) is 0 Å². The molecular weight excluding hydrogens is 204 g/mol. The van der Waals surface area contributed by atoms with E-state index in [0.717, 1.165) is 11.0 Å². The Morgan fingerprint density at radius 2 is 1.81 bits per heavy atom. The molecule has 0 aliphatic carbocycles. The van der Waals surface area contributed by atoms with Crippen LogP contribution in [0.5, 0.6) is 0 Å². The van der Waals surface area contributed by atoms with Crippen LogP contribution in [0.1, 0.15) is 10.4 Å². The van der Waals surface area contributed by atoms with Crippen LogP contribution < -0.4 is 5.73 Å². The second-order valence-corrected chi connectivity index (χ2v) is 4.77. The SMILES string of the molecule is C[N+](C)(C)CCOC(=O)c1ccc(N)cc1. The first-order valence-electron chi connectivity index (χ1n) is 5.21. The van der Waals surface area contributed by atoms with E-state index in [1.165, 1.54) is 0 Å². The van der Waals surface area contributed by atoms with Gasteiger partial charge < -0.3 is 15.0 Å². The van der Waals surface area contributed by atoms with Crippen molar-refractivity contribution in [3.63, 3.8) is 0 Å². The van der Waals surface area contributed by atoms with Crippen LogP contribution in [0.15, 0.2) is 24.3 Å². The van der Waals surface area contributed by atoms with E-state index in [0.29, 0.717) is 17.9 Å². The summed E-state index contributed by atoms with van der Waals surface area (Å²) in [6, 6.07) is 6.72. The molecule has 0 saturated carbocycles. The predicted octanol–water partition coefficient (Wildman–Crippen LogP) is 1.13. The summed E-state index contributed by atoms with van der Waals surface area (Å²) in [5.41, 5.74) is 6.71. The van der Waals surface area contributed by atoms with Crippen molar-refractivity contribution in [1.29, 1.82) is 0 Å².